The number of ether oxygens (including phenoxy) is 3. The number of nitrogens with one attached hydrogen (secondary N) is 1. The Labute approximate surface area is 123 Å². The minimum atomic E-state index is -0.534. The minimum absolute atomic E-state index is 0.334. The molecule has 1 aliphatic heterocycles. The molecule has 0 saturated carbocycles. The fraction of sp³-hybridized carbons (Fsp3) is 0.467. The molecule has 1 amide bonds. The molecule has 0 bridgehead atoms. The van der Waals surface area contributed by atoms with Crippen molar-refractivity contribution in [2.24, 2.45) is 0 Å². The minimum Gasteiger partial charge on any atom is -0.492 e. The first-order chi connectivity index (χ1) is 10.2. The zero-order chi connectivity index (χ0) is 15.1. The van der Waals surface area contributed by atoms with Crippen molar-refractivity contribution in [3.05, 3.63) is 24.3 Å². The van der Waals surface area contributed by atoms with Gasteiger partial charge in [0.15, 0.2) is 12.7 Å². The van der Waals surface area contributed by atoms with Gasteiger partial charge in [0, 0.05) is 6.61 Å². The molecule has 1 heterocycles. The van der Waals surface area contributed by atoms with Crippen LogP contribution in [0, 0.1) is 0 Å². The van der Waals surface area contributed by atoms with E-state index in [1.54, 1.807) is 18.2 Å². The van der Waals surface area contributed by atoms with Gasteiger partial charge in [-0.25, -0.2) is 4.79 Å². The Balaban J connectivity index is 1.82. The van der Waals surface area contributed by atoms with Gasteiger partial charge in [0.05, 0.1) is 12.3 Å². The molecule has 1 N–H and O–H groups in total. The van der Waals surface area contributed by atoms with Crippen molar-refractivity contribution < 1.29 is 23.8 Å². The highest BCUT2D eigenvalue weighted by Crippen LogP contribution is 2.23. The average molecular weight is 293 g/mol. The normalized spacial score (nSPS) is 17.3. The molecule has 0 aromatic heterocycles. The van der Waals surface area contributed by atoms with Gasteiger partial charge in [-0.05, 0) is 31.9 Å². The second-order valence-corrected chi connectivity index (χ2v) is 4.59. The summed E-state index contributed by atoms with van der Waals surface area (Å²) in [6, 6.07) is 7.09. The Morgan fingerprint density at radius 3 is 2.90 bits per heavy atom. The van der Waals surface area contributed by atoms with E-state index in [0.717, 1.165) is 6.42 Å². The lowest BCUT2D eigenvalue weighted by molar-refractivity contribution is -0.156. The molecule has 0 radical (unpaired) electrons. The highest BCUT2D eigenvalue weighted by Gasteiger charge is 2.25. The van der Waals surface area contributed by atoms with Gasteiger partial charge in [-0.3, -0.25) is 4.79 Å². The van der Waals surface area contributed by atoms with Crippen LogP contribution in [0.25, 0.3) is 0 Å². The van der Waals surface area contributed by atoms with Crippen molar-refractivity contribution in [3.8, 4) is 5.75 Å². The third-order valence-electron chi connectivity index (χ3n) is 3.00. The number of para-hydroxylation sites is 2. The van der Waals surface area contributed by atoms with Gasteiger partial charge in [-0.15, -0.1) is 0 Å². The quantitative estimate of drug-likeness (QED) is 0.809. The number of carbonyl (C=O) groups is 2. The smallest absolute Gasteiger partial charge is 0.335 e. The van der Waals surface area contributed by atoms with Crippen molar-refractivity contribution >= 4 is 17.6 Å². The van der Waals surface area contributed by atoms with E-state index in [9.17, 15) is 9.59 Å². The van der Waals surface area contributed by atoms with E-state index in [1.165, 1.54) is 0 Å². The number of hydrogen-bond donors (Lipinski definition) is 1. The molecule has 1 saturated heterocycles. The molecular weight excluding hydrogens is 274 g/mol. The van der Waals surface area contributed by atoms with Crippen LogP contribution in [-0.4, -0.2) is 37.8 Å². The van der Waals surface area contributed by atoms with Crippen molar-refractivity contribution in [1.82, 2.24) is 0 Å². The standard InChI is InChI=1S/C15H19NO5/c1-2-19-12-7-4-3-6-11(12)16-14(17)10-21-15(18)13-8-5-9-20-13/h3-4,6-7,13H,2,5,8-10H2,1H3,(H,16,17)/t13-/m1/s1. The zero-order valence-corrected chi connectivity index (χ0v) is 12.0. The number of benzene rings is 1. The summed E-state index contributed by atoms with van der Waals surface area (Å²) in [5, 5.41) is 2.66. The SMILES string of the molecule is CCOc1ccccc1NC(=O)COC(=O)[C@H]1CCCO1. The van der Waals surface area contributed by atoms with Crippen molar-refractivity contribution in [1.29, 1.82) is 0 Å². The number of carbonyl (C=O) groups excluding carboxylic acids is 2. The number of hydrogen-bond acceptors (Lipinski definition) is 5. The number of rotatable bonds is 6. The molecule has 1 fully saturated rings. The van der Waals surface area contributed by atoms with Crippen LogP contribution in [0.2, 0.25) is 0 Å². The molecule has 1 aromatic rings. The molecular formula is C15H19NO5. The van der Waals surface area contributed by atoms with Gasteiger partial charge in [0.2, 0.25) is 0 Å². The predicted molar refractivity (Wildman–Crippen MR) is 76.2 cm³/mol. The predicted octanol–water partition coefficient (Wildman–Crippen LogP) is 1.75. The van der Waals surface area contributed by atoms with E-state index in [-0.39, 0.29) is 6.61 Å². The van der Waals surface area contributed by atoms with Gasteiger partial charge in [0.25, 0.3) is 5.91 Å². The van der Waals surface area contributed by atoms with Gasteiger partial charge in [0.1, 0.15) is 5.75 Å². The molecule has 0 spiro atoms. The molecule has 0 unspecified atom stereocenters. The summed E-state index contributed by atoms with van der Waals surface area (Å²) in [6.45, 7) is 2.59. The second kappa shape index (κ2) is 7.64. The van der Waals surface area contributed by atoms with E-state index in [4.69, 9.17) is 14.2 Å². The first-order valence-electron chi connectivity index (χ1n) is 7.00. The fourth-order valence-corrected chi connectivity index (χ4v) is 2.03. The topological polar surface area (TPSA) is 73.9 Å². The maximum atomic E-state index is 11.8. The Morgan fingerprint density at radius 1 is 1.38 bits per heavy atom. The van der Waals surface area contributed by atoms with E-state index >= 15 is 0 Å². The van der Waals surface area contributed by atoms with Gasteiger partial charge >= 0.3 is 5.97 Å². The Hall–Kier alpha value is -2.08. The van der Waals surface area contributed by atoms with Gasteiger partial charge < -0.3 is 19.5 Å². The van der Waals surface area contributed by atoms with Crippen molar-refractivity contribution in [3.63, 3.8) is 0 Å². The first kappa shape index (κ1) is 15.3. The maximum Gasteiger partial charge on any atom is 0.335 e. The molecule has 1 aliphatic rings. The molecule has 1 aromatic carbocycles. The van der Waals surface area contributed by atoms with Crippen LogP contribution >= 0.6 is 0 Å². The van der Waals surface area contributed by atoms with Crippen molar-refractivity contribution in [2.45, 2.75) is 25.9 Å². The van der Waals surface area contributed by atoms with Gasteiger partial charge in [-0.2, -0.15) is 0 Å². The molecule has 0 aliphatic carbocycles. The highest BCUT2D eigenvalue weighted by atomic mass is 16.6. The van der Waals surface area contributed by atoms with Crippen LogP contribution in [0.4, 0.5) is 5.69 Å². The van der Waals surface area contributed by atoms with Gasteiger partial charge in [-0.1, -0.05) is 12.1 Å². The highest BCUT2D eigenvalue weighted by molar-refractivity contribution is 5.94. The summed E-state index contributed by atoms with van der Waals surface area (Å²) in [5.41, 5.74) is 0.553. The molecule has 6 heteroatoms. The van der Waals surface area contributed by atoms with Crippen LogP contribution in [-0.2, 0) is 19.1 Å². The van der Waals surface area contributed by atoms with E-state index in [0.29, 0.717) is 31.1 Å². The van der Waals surface area contributed by atoms with Crippen LogP contribution < -0.4 is 10.1 Å². The molecule has 1 atom stereocenters. The summed E-state index contributed by atoms with van der Waals surface area (Å²) in [4.78, 5) is 23.4. The van der Waals surface area contributed by atoms with Crippen LogP contribution in [0.3, 0.4) is 0 Å². The number of anilines is 1. The number of esters is 1. The average Bonchev–Trinajstić information content (AvgIpc) is 3.01. The molecule has 2 rings (SSSR count). The monoisotopic (exact) mass is 293 g/mol. The summed E-state index contributed by atoms with van der Waals surface area (Å²) in [7, 11) is 0. The fourth-order valence-electron chi connectivity index (χ4n) is 2.03. The lowest BCUT2D eigenvalue weighted by Crippen LogP contribution is -2.27. The summed E-state index contributed by atoms with van der Waals surface area (Å²) < 4.78 is 15.5. The second-order valence-electron chi connectivity index (χ2n) is 4.59. The lowest BCUT2D eigenvalue weighted by atomic mass is 10.2. The summed E-state index contributed by atoms with van der Waals surface area (Å²) in [5.74, 6) is -0.312. The summed E-state index contributed by atoms with van der Waals surface area (Å²) in [6.07, 6.45) is 0.954. The Morgan fingerprint density at radius 2 is 2.19 bits per heavy atom. The largest absolute Gasteiger partial charge is 0.492 e. The van der Waals surface area contributed by atoms with Crippen LogP contribution in [0.15, 0.2) is 24.3 Å². The van der Waals surface area contributed by atoms with Crippen LogP contribution in [0.5, 0.6) is 5.75 Å². The van der Waals surface area contributed by atoms with Crippen molar-refractivity contribution in [2.75, 3.05) is 25.1 Å². The van der Waals surface area contributed by atoms with E-state index < -0.39 is 18.0 Å². The first-order valence-corrected chi connectivity index (χ1v) is 7.00. The Kier molecular flexibility index (Phi) is 5.57. The Bertz CT molecular complexity index is 497. The zero-order valence-electron chi connectivity index (χ0n) is 12.0. The van der Waals surface area contributed by atoms with E-state index in [2.05, 4.69) is 5.32 Å². The molecule has 114 valence electrons. The third kappa shape index (κ3) is 4.46. The molecule has 6 nitrogen and oxygen atoms in total. The number of amides is 1. The summed E-state index contributed by atoms with van der Waals surface area (Å²) >= 11 is 0. The third-order valence-corrected chi connectivity index (χ3v) is 3.00. The van der Waals surface area contributed by atoms with Crippen LogP contribution in [0.1, 0.15) is 19.8 Å². The van der Waals surface area contributed by atoms with E-state index in [1.807, 2.05) is 13.0 Å². The molecule has 21 heavy (non-hydrogen) atoms. The lowest BCUT2D eigenvalue weighted by Gasteiger charge is -2.12. The maximum absolute atomic E-state index is 11.8.